The Hall–Kier alpha value is -8.83. The average molecular weight is 1050 g/mol. The van der Waals surface area contributed by atoms with Crippen molar-refractivity contribution in [3.8, 4) is 56.9 Å². The van der Waals surface area contributed by atoms with E-state index >= 15 is 0 Å². The molecular weight excluding hydrogens is 991 g/mol. The summed E-state index contributed by atoms with van der Waals surface area (Å²) in [4.78, 5) is 14.4. The van der Waals surface area contributed by atoms with Crippen LogP contribution in [0.3, 0.4) is 0 Å². The van der Waals surface area contributed by atoms with Gasteiger partial charge in [0.2, 0.25) is 0 Å². The second kappa shape index (κ2) is 30.5. The summed E-state index contributed by atoms with van der Waals surface area (Å²) < 4.78 is 23.3. The molecule has 77 heavy (non-hydrogen) atoms. The molecule has 0 aliphatic carbocycles. The summed E-state index contributed by atoms with van der Waals surface area (Å²) in [6.07, 6.45) is 0. The fourth-order valence-corrected chi connectivity index (χ4v) is 6.90. The van der Waals surface area contributed by atoms with Crippen molar-refractivity contribution < 1.29 is 28.8 Å². The Balaban J connectivity index is 0.000000156. The highest BCUT2D eigenvalue weighted by Crippen LogP contribution is 2.20. The van der Waals surface area contributed by atoms with Crippen LogP contribution in [0.1, 0.15) is 27.8 Å². The van der Waals surface area contributed by atoms with E-state index in [1.165, 1.54) is 7.11 Å². The first-order valence-electron chi connectivity index (χ1n) is 23.5. The van der Waals surface area contributed by atoms with Crippen molar-refractivity contribution in [1.29, 1.82) is 0 Å². The van der Waals surface area contributed by atoms with E-state index in [4.69, 9.17) is 23.9 Å². The number of rotatable bonds is 17. The highest BCUT2D eigenvalue weighted by molar-refractivity contribution is 5.57. The first-order chi connectivity index (χ1) is 37.5. The van der Waals surface area contributed by atoms with E-state index < -0.39 is 0 Å². The molecular formula is C50H61N21O6. The Kier molecular flexibility index (Phi) is 22.8. The van der Waals surface area contributed by atoms with Gasteiger partial charge in [0, 0.05) is 91.4 Å². The molecule has 27 nitrogen and oxygen atoms in total. The summed E-state index contributed by atoms with van der Waals surface area (Å²) in [6, 6.07) is 39.7. The van der Waals surface area contributed by atoms with Crippen LogP contribution in [0.5, 0.6) is 0 Å². The minimum absolute atomic E-state index is 0.424. The smallest absolute Gasteiger partial charge is 0.181 e. The number of ether oxygens (including phenoxy) is 3. The van der Waals surface area contributed by atoms with E-state index in [1.807, 2.05) is 150 Å². The molecule has 5 aromatic heterocycles. The Morgan fingerprint density at radius 2 is 0.545 bits per heavy atom. The summed E-state index contributed by atoms with van der Waals surface area (Å²) in [5.74, 6) is 3.78. The number of nitrogens with one attached hydrogen (secondary N) is 1. The summed E-state index contributed by atoms with van der Waals surface area (Å²) in [5, 5.41) is 56.5. The Morgan fingerprint density at radius 3 is 0.727 bits per heavy atom. The molecule has 0 aliphatic heterocycles. The highest BCUT2D eigenvalue weighted by Gasteiger charge is 2.09. The third-order valence-corrected chi connectivity index (χ3v) is 10.8. The number of methoxy groups -OCH3 is 3. The summed E-state index contributed by atoms with van der Waals surface area (Å²) in [6.45, 7) is 2.83. The van der Waals surface area contributed by atoms with Gasteiger partial charge in [0.1, 0.15) is 6.61 Å². The molecule has 0 bridgehead atoms. The molecule has 5 heterocycles. The maximum absolute atomic E-state index is 5.08. The molecule has 0 atom stereocenters. The van der Waals surface area contributed by atoms with Crippen LogP contribution in [0.2, 0.25) is 0 Å². The minimum atomic E-state index is 0.424. The zero-order valence-electron chi connectivity index (χ0n) is 44.5. The van der Waals surface area contributed by atoms with Gasteiger partial charge in [0.25, 0.3) is 0 Å². The number of benzene rings is 5. The lowest BCUT2D eigenvalue weighted by atomic mass is 10.1. The zero-order valence-corrected chi connectivity index (χ0v) is 44.5. The van der Waals surface area contributed by atoms with Gasteiger partial charge in [-0.3, -0.25) is 4.84 Å². The number of aromatic nitrogens is 20. The van der Waals surface area contributed by atoms with Gasteiger partial charge in [-0.15, -0.1) is 25.5 Å². The van der Waals surface area contributed by atoms with Crippen LogP contribution in [-0.4, -0.2) is 137 Å². The van der Waals surface area contributed by atoms with Crippen LogP contribution in [0.25, 0.3) is 56.9 Å². The van der Waals surface area contributed by atoms with E-state index in [0.717, 1.165) is 84.8 Å². The third-order valence-electron chi connectivity index (χ3n) is 10.8. The Morgan fingerprint density at radius 1 is 0.325 bits per heavy atom. The standard InChI is InChI=1S/C10H13N5O.C10H12N4O2.3C10H12N4O/c1-11-16-7-8-3-5-9(6-4-8)10-12-13-14-15(10)2;1-14-10(11-12-13-14)9-5-3-8(4-6-9)7-16-15-2;3*1-14-10(11-12-13-14)9-5-3-8(4-6-9)7-15-2/h3-6,11H,7H2,1-2H3;3-6H,7H2,1-2H3;3*3-6H,7H2,1-2H3. The summed E-state index contributed by atoms with van der Waals surface area (Å²) >= 11 is 0. The van der Waals surface area contributed by atoms with Crippen LogP contribution in [0, 0.1) is 0 Å². The predicted molar refractivity (Wildman–Crippen MR) is 279 cm³/mol. The number of hydroxylamine groups is 1. The van der Waals surface area contributed by atoms with Crippen molar-refractivity contribution in [3.05, 3.63) is 149 Å². The molecule has 10 aromatic rings. The maximum Gasteiger partial charge on any atom is 0.181 e. The third kappa shape index (κ3) is 17.4. The van der Waals surface area contributed by atoms with Crippen LogP contribution >= 0.6 is 0 Å². The molecule has 1 N–H and O–H groups in total. The zero-order chi connectivity index (χ0) is 54.8. The summed E-state index contributed by atoms with van der Waals surface area (Å²) in [7, 11) is 17.3. The fraction of sp³-hybridized carbons (Fsp3) is 0.300. The van der Waals surface area contributed by atoms with E-state index in [0.29, 0.717) is 33.0 Å². The van der Waals surface area contributed by atoms with Crippen molar-refractivity contribution in [2.24, 2.45) is 35.2 Å². The van der Waals surface area contributed by atoms with Gasteiger partial charge >= 0.3 is 0 Å². The van der Waals surface area contributed by atoms with Crippen LogP contribution in [0.15, 0.2) is 121 Å². The number of nitrogens with zero attached hydrogens (tertiary/aromatic N) is 20. The SMILES string of the molecule is CNOCc1ccc(-c2nnnn2C)cc1.COCc1ccc(-c2nnnn2C)cc1.COCc1ccc(-c2nnnn2C)cc1.COCc1ccc(-c2nnnn2C)cc1.COOCc1ccc(-c2nnnn2C)cc1. The minimum Gasteiger partial charge on any atom is -0.380 e. The summed E-state index contributed by atoms with van der Waals surface area (Å²) in [5.41, 5.74) is 13.1. The molecule has 0 unspecified atom stereocenters. The molecule has 0 amide bonds. The molecule has 402 valence electrons. The molecule has 0 spiro atoms. The maximum atomic E-state index is 5.08. The van der Waals surface area contributed by atoms with Gasteiger partial charge in [-0.25, -0.2) is 38.7 Å². The highest BCUT2D eigenvalue weighted by atomic mass is 17.2. The Bertz CT molecular complexity index is 2920. The molecule has 0 saturated heterocycles. The van der Waals surface area contributed by atoms with Gasteiger partial charge in [-0.2, -0.15) is 0 Å². The fourth-order valence-electron chi connectivity index (χ4n) is 6.90. The van der Waals surface area contributed by atoms with E-state index in [1.54, 1.807) is 58.8 Å². The quantitative estimate of drug-likeness (QED) is 0.0966. The van der Waals surface area contributed by atoms with Crippen molar-refractivity contribution in [1.82, 2.24) is 107 Å². The van der Waals surface area contributed by atoms with Crippen LogP contribution < -0.4 is 5.48 Å². The molecule has 27 heteroatoms. The van der Waals surface area contributed by atoms with Crippen LogP contribution in [-0.2, 0) is 97.1 Å². The van der Waals surface area contributed by atoms with E-state index in [2.05, 4.69) is 88.0 Å². The lowest BCUT2D eigenvalue weighted by Gasteiger charge is -2.03. The molecule has 0 fully saturated rings. The number of tetrazole rings is 5. The second-order valence-corrected chi connectivity index (χ2v) is 16.3. The first-order valence-corrected chi connectivity index (χ1v) is 23.5. The molecule has 5 aromatic carbocycles. The molecule has 10 rings (SSSR count). The van der Waals surface area contributed by atoms with Gasteiger partial charge in [0.05, 0.1) is 33.5 Å². The lowest BCUT2D eigenvalue weighted by Crippen LogP contribution is -2.06. The van der Waals surface area contributed by atoms with Crippen molar-refractivity contribution in [3.63, 3.8) is 0 Å². The normalized spacial score (nSPS) is 10.6. The van der Waals surface area contributed by atoms with Gasteiger partial charge in [-0.05, 0) is 80.0 Å². The van der Waals surface area contributed by atoms with Crippen molar-refractivity contribution in [2.75, 3.05) is 35.5 Å². The van der Waals surface area contributed by atoms with E-state index in [-0.39, 0.29) is 0 Å². The first kappa shape index (κ1) is 57.4. The molecule has 0 radical (unpaired) electrons. The number of hydrogen-bond donors (Lipinski definition) is 1. The monoisotopic (exact) mass is 1050 g/mol. The largest absolute Gasteiger partial charge is 0.380 e. The van der Waals surface area contributed by atoms with Gasteiger partial charge in [-0.1, -0.05) is 121 Å². The van der Waals surface area contributed by atoms with Crippen LogP contribution in [0.4, 0.5) is 0 Å². The van der Waals surface area contributed by atoms with Gasteiger partial charge in [0.15, 0.2) is 29.1 Å². The topological polar surface area (TPSA) is 285 Å². The number of hydrogen-bond acceptors (Lipinski definition) is 22. The second-order valence-electron chi connectivity index (χ2n) is 16.3. The van der Waals surface area contributed by atoms with Crippen molar-refractivity contribution >= 4 is 0 Å². The van der Waals surface area contributed by atoms with Crippen molar-refractivity contribution in [2.45, 2.75) is 33.0 Å². The number of aryl methyl sites for hydroxylation is 5. The molecule has 0 saturated carbocycles. The van der Waals surface area contributed by atoms with Gasteiger partial charge < -0.3 is 14.2 Å². The Labute approximate surface area is 443 Å². The average Bonchev–Trinajstić information content (AvgIpc) is 4.34. The van der Waals surface area contributed by atoms with E-state index in [9.17, 15) is 0 Å². The predicted octanol–water partition coefficient (Wildman–Crippen LogP) is 4.55. The lowest BCUT2D eigenvalue weighted by molar-refractivity contribution is -0.282. The molecule has 0 aliphatic rings.